The van der Waals surface area contributed by atoms with Gasteiger partial charge in [0.2, 0.25) is 0 Å². The molecule has 6 nitrogen and oxygen atoms in total. The first-order valence-electron chi connectivity index (χ1n) is 9.11. The largest absolute Gasteiger partial charge is 0.369 e. The summed E-state index contributed by atoms with van der Waals surface area (Å²) in [5, 5.41) is 6.52. The van der Waals surface area contributed by atoms with Gasteiger partial charge in [-0.25, -0.2) is 4.98 Å². The van der Waals surface area contributed by atoms with Crippen LogP contribution < -0.4 is 10.2 Å². The highest BCUT2D eigenvalue weighted by Crippen LogP contribution is 2.20. The number of piperazine rings is 1. The maximum atomic E-state index is 12.1. The molecule has 0 radical (unpaired) electrons. The molecule has 1 fully saturated rings. The Morgan fingerprint density at radius 1 is 1.22 bits per heavy atom. The Morgan fingerprint density at radius 2 is 1.93 bits per heavy atom. The highest BCUT2D eigenvalue weighted by molar-refractivity contribution is 7.09. The molecule has 0 unspecified atom stereocenters. The summed E-state index contributed by atoms with van der Waals surface area (Å²) in [6.07, 6.45) is 0. The SMILES string of the molecule is CN(C)CCNC(=O)c1csc(CN2CCN(c3ccc(Cl)cc3)CC2)n1. The Hall–Kier alpha value is -1.67. The lowest BCUT2D eigenvalue weighted by atomic mass is 10.2. The van der Waals surface area contributed by atoms with Crippen LogP contribution in [-0.2, 0) is 6.54 Å². The molecule has 2 heterocycles. The molecule has 0 saturated carbocycles. The van der Waals surface area contributed by atoms with Crippen LogP contribution in [0, 0.1) is 0 Å². The van der Waals surface area contributed by atoms with Crippen LogP contribution in [0.3, 0.4) is 0 Å². The molecule has 1 N–H and O–H groups in total. The van der Waals surface area contributed by atoms with Gasteiger partial charge in [0.15, 0.2) is 0 Å². The summed E-state index contributed by atoms with van der Waals surface area (Å²) in [5.41, 5.74) is 1.73. The zero-order valence-electron chi connectivity index (χ0n) is 15.8. The van der Waals surface area contributed by atoms with Gasteiger partial charge < -0.3 is 15.1 Å². The lowest BCUT2D eigenvalue weighted by Gasteiger charge is -2.35. The summed E-state index contributed by atoms with van der Waals surface area (Å²) in [4.78, 5) is 23.5. The van der Waals surface area contributed by atoms with Gasteiger partial charge >= 0.3 is 0 Å². The van der Waals surface area contributed by atoms with Gasteiger partial charge in [-0.3, -0.25) is 9.69 Å². The predicted octanol–water partition coefficient (Wildman–Crippen LogP) is 2.41. The van der Waals surface area contributed by atoms with Gasteiger partial charge in [0.05, 0.1) is 6.54 Å². The highest BCUT2D eigenvalue weighted by Gasteiger charge is 2.19. The number of anilines is 1. The zero-order valence-corrected chi connectivity index (χ0v) is 17.4. The lowest BCUT2D eigenvalue weighted by Crippen LogP contribution is -2.45. The third-order valence-corrected chi connectivity index (χ3v) is 5.64. The molecule has 2 aromatic rings. The fourth-order valence-electron chi connectivity index (χ4n) is 2.98. The number of hydrogen-bond donors (Lipinski definition) is 1. The highest BCUT2D eigenvalue weighted by atomic mass is 35.5. The molecule has 1 aromatic heterocycles. The van der Waals surface area contributed by atoms with E-state index in [1.807, 2.05) is 36.5 Å². The normalized spacial score (nSPS) is 15.3. The van der Waals surface area contributed by atoms with E-state index in [1.54, 1.807) is 11.3 Å². The maximum absolute atomic E-state index is 12.1. The summed E-state index contributed by atoms with van der Waals surface area (Å²) in [5.74, 6) is -0.0908. The molecule has 1 aromatic carbocycles. The number of benzene rings is 1. The first-order chi connectivity index (χ1) is 13.0. The molecule has 8 heteroatoms. The van der Waals surface area contributed by atoms with Gasteiger partial charge in [-0.15, -0.1) is 11.3 Å². The first kappa shape index (κ1) is 20.1. The number of nitrogens with one attached hydrogen (secondary N) is 1. The van der Waals surface area contributed by atoms with E-state index in [0.29, 0.717) is 12.2 Å². The monoisotopic (exact) mass is 407 g/mol. The average Bonchev–Trinajstić information content (AvgIpc) is 3.11. The van der Waals surface area contributed by atoms with Gasteiger partial charge in [-0.05, 0) is 38.4 Å². The molecule has 1 saturated heterocycles. The zero-order chi connectivity index (χ0) is 19.2. The third kappa shape index (κ3) is 5.90. The van der Waals surface area contributed by atoms with Crippen molar-refractivity contribution in [3.8, 4) is 0 Å². The van der Waals surface area contributed by atoms with Crippen molar-refractivity contribution in [2.75, 3.05) is 58.3 Å². The van der Waals surface area contributed by atoms with Gasteiger partial charge in [0.1, 0.15) is 10.7 Å². The Bertz CT molecular complexity index is 741. The second kappa shape index (κ2) is 9.50. The molecule has 146 valence electrons. The Labute approximate surface area is 169 Å². The van der Waals surface area contributed by atoms with E-state index >= 15 is 0 Å². The number of halogens is 1. The quantitative estimate of drug-likeness (QED) is 0.763. The van der Waals surface area contributed by atoms with Crippen LogP contribution in [0.15, 0.2) is 29.6 Å². The van der Waals surface area contributed by atoms with Crippen LogP contribution in [0.2, 0.25) is 5.02 Å². The van der Waals surface area contributed by atoms with Crippen LogP contribution in [0.5, 0.6) is 0 Å². The minimum atomic E-state index is -0.0908. The summed E-state index contributed by atoms with van der Waals surface area (Å²) in [6.45, 7) is 6.16. The minimum absolute atomic E-state index is 0.0908. The molecule has 0 spiro atoms. The summed E-state index contributed by atoms with van der Waals surface area (Å²) >= 11 is 7.52. The molecule has 0 aliphatic carbocycles. The Balaban J connectivity index is 1.46. The molecule has 0 atom stereocenters. The number of rotatable bonds is 7. The van der Waals surface area contributed by atoms with Crippen molar-refractivity contribution >= 4 is 34.5 Å². The summed E-state index contributed by atoms with van der Waals surface area (Å²) in [6, 6.07) is 8.01. The molecule has 0 bridgehead atoms. The van der Waals surface area contributed by atoms with Crippen molar-refractivity contribution in [3.63, 3.8) is 0 Å². The van der Waals surface area contributed by atoms with Gasteiger partial charge in [-0.2, -0.15) is 0 Å². The van der Waals surface area contributed by atoms with E-state index in [1.165, 1.54) is 5.69 Å². The average molecular weight is 408 g/mol. The molecule has 1 amide bonds. The van der Waals surface area contributed by atoms with Crippen LogP contribution in [0.4, 0.5) is 5.69 Å². The second-order valence-electron chi connectivity index (χ2n) is 6.93. The smallest absolute Gasteiger partial charge is 0.270 e. The van der Waals surface area contributed by atoms with Crippen molar-refractivity contribution in [1.29, 1.82) is 0 Å². The van der Waals surface area contributed by atoms with E-state index in [9.17, 15) is 4.79 Å². The Kier molecular flexibility index (Phi) is 7.07. The number of hydrogen-bond acceptors (Lipinski definition) is 6. The van der Waals surface area contributed by atoms with Crippen LogP contribution in [0.25, 0.3) is 0 Å². The number of aromatic nitrogens is 1. The van der Waals surface area contributed by atoms with E-state index in [-0.39, 0.29) is 5.91 Å². The van der Waals surface area contributed by atoms with Crippen molar-refractivity contribution in [2.24, 2.45) is 0 Å². The van der Waals surface area contributed by atoms with Crippen molar-refractivity contribution < 1.29 is 4.79 Å². The van der Waals surface area contributed by atoms with Gasteiger partial charge in [-0.1, -0.05) is 11.6 Å². The number of nitrogens with zero attached hydrogens (tertiary/aromatic N) is 4. The maximum Gasteiger partial charge on any atom is 0.270 e. The number of amides is 1. The third-order valence-electron chi connectivity index (χ3n) is 4.55. The van der Waals surface area contributed by atoms with Crippen molar-refractivity contribution in [2.45, 2.75) is 6.54 Å². The van der Waals surface area contributed by atoms with Crippen molar-refractivity contribution in [3.05, 3.63) is 45.4 Å². The fraction of sp³-hybridized carbons (Fsp3) is 0.474. The summed E-state index contributed by atoms with van der Waals surface area (Å²) < 4.78 is 0. The fourth-order valence-corrected chi connectivity index (χ4v) is 3.92. The number of likely N-dealkylation sites (N-methyl/N-ethyl adjacent to an activating group) is 1. The Morgan fingerprint density at radius 3 is 2.59 bits per heavy atom. The molecule has 1 aliphatic rings. The predicted molar refractivity (Wildman–Crippen MR) is 112 cm³/mol. The van der Waals surface area contributed by atoms with Gasteiger partial charge in [0.25, 0.3) is 5.91 Å². The minimum Gasteiger partial charge on any atom is -0.369 e. The van der Waals surface area contributed by atoms with E-state index < -0.39 is 0 Å². The van der Waals surface area contributed by atoms with Crippen LogP contribution in [-0.4, -0.2) is 74.1 Å². The van der Waals surface area contributed by atoms with E-state index in [4.69, 9.17) is 11.6 Å². The number of carbonyl (C=O) groups excluding carboxylic acids is 1. The second-order valence-corrected chi connectivity index (χ2v) is 8.30. The van der Waals surface area contributed by atoms with Gasteiger partial charge in [0, 0.05) is 55.4 Å². The number of carbonyl (C=O) groups is 1. The molecule has 3 rings (SSSR count). The lowest BCUT2D eigenvalue weighted by molar-refractivity contribution is 0.0946. The first-order valence-corrected chi connectivity index (χ1v) is 10.4. The van der Waals surface area contributed by atoms with E-state index in [2.05, 4.69) is 32.2 Å². The molecule has 27 heavy (non-hydrogen) atoms. The molecular weight excluding hydrogens is 382 g/mol. The molecular formula is C19H26ClN5OS. The number of thiazole rings is 1. The van der Waals surface area contributed by atoms with Crippen LogP contribution in [0.1, 0.15) is 15.5 Å². The molecule has 1 aliphatic heterocycles. The summed E-state index contributed by atoms with van der Waals surface area (Å²) in [7, 11) is 3.97. The topological polar surface area (TPSA) is 51.7 Å². The van der Waals surface area contributed by atoms with Crippen molar-refractivity contribution in [1.82, 2.24) is 20.1 Å². The van der Waals surface area contributed by atoms with E-state index in [0.717, 1.165) is 49.3 Å². The van der Waals surface area contributed by atoms with Crippen LogP contribution >= 0.6 is 22.9 Å². The standard InChI is InChI=1S/C19H26ClN5OS/c1-23(2)8-7-21-19(26)17-14-27-18(22-17)13-24-9-11-25(12-10-24)16-5-3-15(20)4-6-16/h3-6,14H,7-13H2,1-2H3,(H,21,26).